The van der Waals surface area contributed by atoms with Gasteiger partial charge in [-0.15, -0.1) is 0 Å². The minimum absolute atomic E-state index is 0.223. The first-order valence-corrected chi connectivity index (χ1v) is 7.38. The van der Waals surface area contributed by atoms with Gasteiger partial charge in [-0.25, -0.2) is 0 Å². The molecule has 0 spiro atoms. The first-order valence-electron chi connectivity index (χ1n) is 7.38. The summed E-state index contributed by atoms with van der Waals surface area (Å²) < 4.78 is 0. The van der Waals surface area contributed by atoms with Crippen LogP contribution in [0.2, 0.25) is 0 Å². The van der Waals surface area contributed by atoms with E-state index in [0.29, 0.717) is 12.1 Å². The van der Waals surface area contributed by atoms with Crippen molar-refractivity contribution in [3.63, 3.8) is 0 Å². The van der Waals surface area contributed by atoms with Gasteiger partial charge in [0.2, 0.25) is 0 Å². The maximum Gasteiger partial charge on any atom is 0.272 e. The van der Waals surface area contributed by atoms with Gasteiger partial charge in [0.15, 0.2) is 0 Å². The molecule has 2 heterocycles. The minimum atomic E-state index is -0.299. The molecule has 1 aromatic rings. The lowest BCUT2D eigenvalue weighted by Crippen LogP contribution is -2.36. The third-order valence-electron chi connectivity index (χ3n) is 4.60. The van der Waals surface area contributed by atoms with Crippen molar-refractivity contribution in [3.05, 3.63) is 39.4 Å². The normalized spacial score (nSPS) is 27.1. The number of hydrogen-bond acceptors (Lipinski definition) is 4. The summed E-state index contributed by atoms with van der Waals surface area (Å²) in [5, 5.41) is 14.3. The molecule has 0 aliphatic carbocycles. The average Bonchev–Trinajstić information content (AvgIpc) is 3.09. The highest BCUT2D eigenvalue weighted by Gasteiger charge is 2.33. The third-order valence-corrected chi connectivity index (χ3v) is 4.60. The van der Waals surface area contributed by atoms with Crippen molar-refractivity contribution in [2.75, 3.05) is 19.6 Å². The Bertz CT molecular complexity index is 512. The van der Waals surface area contributed by atoms with Gasteiger partial charge in [-0.05, 0) is 50.9 Å². The van der Waals surface area contributed by atoms with Crippen molar-refractivity contribution in [2.45, 2.75) is 38.3 Å². The van der Waals surface area contributed by atoms with Gasteiger partial charge in [0.05, 0.1) is 4.92 Å². The number of likely N-dealkylation sites (tertiary alicyclic amines) is 1. The lowest BCUT2D eigenvalue weighted by molar-refractivity contribution is -0.385. The Morgan fingerprint density at radius 1 is 1.40 bits per heavy atom. The standard InChI is InChI=1S/C15H21N3O2/c1-11-9-12(4-5-14(11)18(19)20)15-3-2-8-17(15)13-6-7-16-10-13/h4-5,9,13,15-16H,2-3,6-8,10H2,1H3/t13-,15?/m0/s1. The molecule has 5 nitrogen and oxygen atoms in total. The molecule has 0 amide bonds. The molecule has 0 saturated carbocycles. The van der Waals surface area contributed by atoms with E-state index in [0.717, 1.165) is 31.6 Å². The molecule has 3 rings (SSSR count). The Morgan fingerprint density at radius 3 is 2.90 bits per heavy atom. The molecule has 1 N–H and O–H groups in total. The van der Waals surface area contributed by atoms with Crippen molar-refractivity contribution in [1.29, 1.82) is 0 Å². The predicted molar refractivity (Wildman–Crippen MR) is 77.8 cm³/mol. The van der Waals surface area contributed by atoms with Crippen molar-refractivity contribution in [1.82, 2.24) is 10.2 Å². The summed E-state index contributed by atoms with van der Waals surface area (Å²) >= 11 is 0. The molecule has 2 aliphatic heterocycles. The maximum absolute atomic E-state index is 10.9. The van der Waals surface area contributed by atoms with E-state index < -0.39 is 0 Å². The van der Waals surface area contributed by atoms with Gasteiger partial charge < -0.3 is 5.32 Å². The van der Waals surface area contributed by atoms with Gasteiger partial charge >= 0.3 is 0 Å². The molecule has 1 unspecified atom stereocenters. The number of benzene rings is 1. The van der Waals surface area contributed by atoms with Crippen LogP contribution in [-0.4, -0.2) is 35.5 Å². The molecule has 1 aromatic carbocycles. The van der Waals surface area contributed by atoms with E-state index >= 15 is 0 Å². The van der Waals surface area contributed by atoms with Gasteiger partial charge in [-0.2, -0.15) is 0 Å². The summed E-state index contributed by atoms with van der Waals surface area (Å²) in [7, 11) is 0. The molecule has 5 heteroatoms. The van der Waals surface area contributed by atoms with Crippen LogP contribution in [0.1, 0.15) is 36.4 Å². The van der Waals surface area contributed by atoms with Gasteiger partial charge in [0.1, 0.15) is 0 Å². The highest BCUT2D eigenvalue weighted by atomic mass is 16.6. The summed E-state index contributed by atoms with van der Waals surface area (Å²) in [5.41, 5.74) is 2.22. The quantitative estimate of drug-likeness (QED) is 0.680. The summed E-state index contributed by atoms with van der Waals surface area (Å²) in [6, 6.07) is 6.66. The van der Waals surface area contributed by atoms with Crippen LogP contribution >= 0.6 is 0 Å². The van der Waals surface area contributed by atoms with Crippen molar-refractivity contribution >= 4 is 5.69 Å². The van der Waals surface area contributed by atoms with Crippen LogP contribution in [0.3, 0.4) is 0 Å². The Balaban J connectivity index is 1.84. The van der Waals surface area contributed by atoms with Gasteiger partial charge in [0.25, 0.3) is 5.69 Å². The van der Waals surface area contributed by atoms with Crippen LogP contribution in [0, 0.1) is 17.0 Å². The molecule has 108 valence electrons. The van der Waals surface area contributed by atoms with Crippen LogP contribution in [0.5, 0.6) is 0 Å². The van der Waals surface area contributed by atoms with Crippen molar-refractivity contribution in [2.24, 2.45) is 0 Å². The second kappa shape index (κ2) is 5.50. The van der Waals surface area contributed by atoms with Crippen LogP contribution in [0.25, 0.3) is 0 Å². The molecule has 2 atom stereocenters. The highest BCUT2D eigenvalue weighted by Crippen LogP contribution is 2.36. The summed E-state index contributed by atoms with van der Waals surface area (Å²) in [4.78, 5) is 13.2. The Kier molecular flexibility index (Phi) is 3.72. The molecular weight excluding hydrogens is 254 g/mol. The molecular formula is C15H21N3O2. The number of hydrogen-bond donors (Lipinski definition) is 1. The van der Waals surface area contributed by atoms with E-state index in [1.807, 2.05) is 19.1 Å². The first kappa shape index (κ1) is 13.5. The van der Waals surface area contributed by atoms with Gasteiger partial charge in [-0.1, -0.05) is 6.07 Å². The zero-order valence-corrected chi connectivity index (χ0v) is 11.8. The summed E-state index contributed by atoms with van der Waals surface area (Å²) in [6.45, 7) is 5.15. The van der Waals surface area contributed by atoms with E-state index in [-0.39, 0.29) is 10.6 Å². The number of nitro benzene ring substituents is 1. The largest absolute Gasteiger partial charge is 0.315 e. The second-order valence-electron chi connectivity index (χ2n) is 5.85. The lowest BCUT2D eigenvalue weighted by atomic mass is 10.00. The van der Waals surface area contributed by atoms with E-state index in [1.54, 1.807) is 6.07 Å². The molecule has 0 aromatic heterocycles. The molecule has 2 fully saturated rings. The highest BCUT2D eigenvalue weighted by molar-refractivity contribution is 5.42. The van der Waals surface area contributed by atoms with Crippen LogP contribution in [0.15, 0.2) is 18.2 Å². The Hall–Kier alpha value is -1.46. The monoisotopic (exact) mass is 275 g/mol. The maximum atomic E-state index is 10.9. The number of nitrogens with zero attached hydrogens (tertiary/aromatic N) is 2. The van der Waals surface area contributed by atoms with E-state index in [1.165, 1.54) is 18.4 Å². The van der Waals surface area contributed by atoms with Crippen LogP contribution < -0.4 is 5.32 Å². The Labute approximate surface area is 119 Å². The average molecular weight is 275 g/mol. The molecule has 20 heavy (non-hydrogen) atoms. The second-order valence-corrected chi connectivity index (χ2v) is 5.85. The molecule has 0 bridgehead atoms. The minimum Gasteiger partial charge on any atom is -0.315 e. The smallest absolute Gasteiger partial charge is 0.272 e. The molecule has 2 aliphatic rings. The fourth-order valence-corrected chi connectivity index (χ4v) is 3.60. The molecule has 0 radical (unpaired) electrons. The zero-order valence-electron chi connectivity index (χ0n) is 11.8. The number of nitrogens with one attached hydrogen (secondary N) is 1. The predicted octanol–water partition coefficient (Wildman–Crippen LogP) is 2.40. The van der Waals surface area contributed by atoms with E-state index in [4.69, 9.17) is 0 Å². The summed E-state index contributed by atoms with van der Waals surface area (Å²) in [6.07, 6.45) is 3.59. The SMILES string of the molecule is Cc1cc(C2CCCN2[C@H]2CCNC2)ccc1[N+](=O)[O-]. The lowest BCUT2D eigenvalue weighted by Gasteiger charge is -2.30. The van der Waals surface area contributed by atoms with Crippen molar-refractivity contribution in [3.8, 4) is 0 Å². The summed E-state index contributed by atoms with van der Waals surface area (Å²) in [5.74, 6) is 0. The van der Waals surface area contributed by atoms with Crippen molar-refractivity contribution < 1.29 is 4.92 Å². The first-order chi connectivity index (χ1) is 9.66. The fourth-order valence-electron chi connectivity index (χ4n) is 3.60. The number of rotatable bonds is 3. The van der Waals surface area contributed by atoms with E-state index in [2.05, 4.69) is 10.2 Å². The zero-order chi connectivity index (χ0) is 14.1. The van der Waals surface area contributed by atoms with Crippen LogP contribution in [0.4, 0.5) is 5.69 Å². The van der Waals surface area contributed by atoms with Gasteiger partial charge in [-0.3, -0.25) is 15.0 Å². The number of aryl methyl sites for hydroxylation is 1. The number of nitro groups is 1. The van der Waals surface area contributed by atoms with Gasteiger partial charge in [0, 0.05) is 30.3 Å². The van der Waals surface area contributed by atoms with E-state index in [9.17, 15) is 10.1 Å². The fraction of sp³-hybridized carbons (Fsp3) is 0.600. The Morgan fingerprint density at radius 2 is 2.25 bits per heavy atom. The third kappa shape index (κ3) is 2.43. The topological polar surface area (TPSA) is 58.4 Å². The van der Waals surface area contributed by atoms with Crippen LogP contribution in [-0.2, 0) is 0 Å². The molecule has 2 saturated heterocycles.